The van der Waals surface area contributed by atoms with Crippen LogP contribution in [0.3, 0.4) is 0 Å². The number of hydrogen-bond acceptors (Lipinski definition) is 4. The van der Waals surface area contributed by atoms with E-state index in [1.165, 1.54) is 12.1 Å². The molecule has 2 rings (SSSR count). The highest BCUT2D eigenvalue weighted by atomic mass is 16.4. The minimum Gasteiger partial charge on any atom is -0.479 e. The monoisotopic (exact) mass is 315 g/mol. The van der Waals surface area contributed by atoms with Gasteiger partial charge in [0, 0.05) is 17.9 Å². The first kappa shape index (κ1) is 16.1. The predicted molar refractivity (Wildman–Crippen MR) is 77.5 cm³/mol. The Labute approximate surface area is 131 Å². The van der Waals surface area contributed by atoms with E-state index in [0.717, 1.165) is 4.90 Å². The molecule has 9 heteroatoms. The average Bonchev–Trinajstić information content (AvgIpc) is 2.88. The van der Waals surface area contributed by atoms with E-state index in [-0.39, 0.29) is 19.4 Å². The van der Waals surface area contributed by atoms with Crippen molar-refractivity contribution in [3.63, 3.8) is 0 Å². The van der Waals surface area contributed by atoms with Crippen LogP contribution in [0.5, 0.6) is 0 Å². The largest absolute Gasteiger partial charge is 0.479 e. The first-order valence-electron chi connectivity index (χ1n) is 6.70. The molecule has 1 heterocycles. The summed E-state index contributed by atoms with van der Waals surface area (Å²) in [7, 11) is 0. The van der Waals surface area contributed by atoms with Crippen LogP contribution in [0.1, 0.15) is 17.5 Å². The summed E-state index contributed by atoms with van der Waals surface area (Å²) < 4.78 is 0. The molecule has 0 unspecified atom stereocenters. The molecule has 23 heavy (non-hydrogen) atoms. The van der Waals surface area contributed by atoms with Gasteiger partial charge in [0.05, 0.1) is 17.7 Å². The van der Waals surface area contributed by atoms with Crippen LogP contribution in [0.4, 0.5) is 4.79 Å². The van der Waals surface area contributed by atoms with Gasteiger partial charge in [0.15, 0.2) is 0 Å². The van der Waals surface area contributed by atoms with Gasteiger partial charge in [-0.25, -0.2) is 9.59 Å². The number of rotatable bonds is 4. The topological polar surface area (TPSA) is 150 Å². The second-order valence-corrected chi connectivity index (χ2v) is 5.28. The Morgan fingerprint density at radius 3 is 2.57 bits per heavy atom. The van der Waals surface area contributed by atoms with E-state index < -0.39 is 23.6 Å². The summed E-state index contributed by atoms with van der Waals surface area (Å²) in [5.41, 5.74) is 7.83. The van der Waals surface area contributed by atoms with Crippen LogP contribution < -0.4 is 0 Å². The highest BCUT2D eigenvalue weighted by molar-refractivity contribution is 5.85. The third-order valence-electron chi connectivity index (χ3n) is 3.91. The smallest absolute Gasteiger partial charge is 0.408 e. The Kier molecular flexibility index (Phi) is 4.39. The van der Waals surface area contributed by atoms with Gasteiger partial charge in [-0.15, -0.1) is 0 Å². The molecule has 1 aliphatic rings. The van der Waals surface area contributed by atoms with Crippen LogP contribution in [0.2, 0.25) is 0 Å². The Morgan fingerprint density at radius 1 is 1.43 bits per heavy atom. The van der Waals surface area contributed by atoms with Gasteiger partial charge in [-0.2, -0.15) is 5.26 Å². The van der Waals surface area contributed by atoms with E-state index in [2.05, 4.69) is 10.0 Å². The zero-order chi connectivity index (χ0) is 17.0. The van der Waals surface area contributed by atoms with Crippen LogP contribution in [-0.2, 0) is 11.2 Å². The summed E-state index contributed by atoms with van der Waals surface area (Å²) in [6, 6.07) is 7.47. The molecule has 1 amide bonds. The number of aliphatic carboxylic acids is 1. The number of carboxylic acids is 1. The fourth-order valence-electron chi connectivity index (χ4n) is 2.84. The van der Waals surface area contributed by atoms with Crippen molar-refractivity contribution in [3.8, 4) is 6.07 Å². The maximum absolute atomic E-state index is 11.8. The Hall–Kier alpha value is -3.24. The van der Waals surface area contributed by atoms with E-state index in [1.807, 2.05) is 6.07 Å². The molecule has 1 saturated heterocycles. The molecule has 2 N–H and O–H groups in total. The first-order valence-corrected chi connectivity index (χ1v) is 6.70. The van der Waals surface area contributed by atoms with Crippen molar-refractivity contribution in [2.75, 3.05) is 6.54 Å². The van der Waals surface area contributed by atoms with Crippen LogP contribution in [0.15, 0.2) is 29.4 Å². The van der Waals surface area contributed by atoms with Gasteiger partial charge < -0.3 is 10.2 Å². The Morgan fingerprint density at radius 2 is 2.09 bits per heavy atom. The third-order valence-corrected chi connectivity index (χ3v) is 3.91. The summed E-state index contributed by atoms with van der Waals surface area (Å²) in [4.78, 5) is 26.7. The van der Waals surface area contributed by atoms with Gasteiger partial charge in [-0.3, -0.25) is 4.90 Å². The number of benzene rings is 1. The molecule has 1 aliphatic heterocycles. The molecular formula is C14H13N5O4. The number of nitriles is 1. The third kappa shape index (κ3) is 3.02. The first-order chi connectivity index (χ1) is 10.9. The molecule has 0 saturated carbocycles. The van der Waals surface area contributed by atoms with E-state index >= 15 is 0 Å². The van der Waals surface area contributed by atoms with Gasteiger partial charge >= 0.3 is 12.1 Å². The van der Waals surface area contributed by atoms with Gasteiger partial charge in [0.25, 0.3) is 0 Å². The van der Waals surface area contributed by atoms with Crippen molar-refractivity contribution in [3.05, 3.63) is 45.8 Å². The fourth-order valence-corrected chi connectivity index (χ4v) is 2.84. The molecule has 0 bridgehead atoms. The molecule has 1 aromatic rings. The summed E-state index contributed by atoms with van der Waals surface area (Å²) in [6.45, 7) is -0.165. The number of likely N-dealkylation sites (tertiary alicyclic amines) is 1. The van der Waals surface area contributed by atoms with E-state index in [4.69, 9.17) is 10.8 Å². The molecule has 0 spiro atoms. The van der Waals surface area contributed by atoms with Crippen molar-refractivity contribution >= 4 is 12.1 Å². The molecule has 0 radical (unpaired) electrons. The van der Waals surface area contributed by atoms with Crippen molar-refractivity contribution in [2.45, 2.75) is 24.4 Å². The Bertz CT molecular complexity index is 720. The summed E-state index contributed by atoms with van der Waals surface area (Å²) in [5, 5.41) is 31.2. The number of carboxylic acid groups (broad SMARTS) is 2. The van der Waals surface area contributed by atoms with Gasteiger partial charge in [0.2, 0.25) is 0 Å². The van der Waals surface area contributed by atoms with Crippen LogP contribution in [0.25, 0.3) is 10.4 Å². The standard InChI is InChI=1S/C14H13N5O4/c15-7-10-3-1-9(2-4-10)5-14(12(20)21)6-11(17-18-16)8-19(14)13(22)23/h1-4,11H,5-6,8H2,(H,20,21)(H,22,23)/t11-,14-/m0/s1. The molecule has 0 aromatic heterocycles. The number of azide groups is 1. The zero-order valence-electron chi connectivity index (χ0n) is 12.0. The summed E-state index contributed by atoms with van der Waals surface area (Å²) >= 11 is 0. The molecule has 1 aromatic carbocycles. The molecule has 0 aliphatic carbocycles. The van der Waals surface area contributed by atoms with Crippen molar-refractivity contribution in [1.82, 2.24) is 4.90 Å². The average molecular weight is 315 g/mol. The lowest BCUT2D eigenvalue weighted by molar-refractivity contribution is -0.148. The lowest BCUT2D eigenvalue weighted by Crippen LogP contribution is -2.54. The second kappa shape index (κ2) is 6.25. The maximum atomic E-state index is 11.8. The minimum absolute atomic E-state index is 0.0716. The van der Waals surface area contributed by atoms with Crippen LogP contribution >= 0.6 is 0 Å². The van der Waals surface area contributed by atoms with Crippen molar-refractivity contribution in [2.24, 2.45) is 5.11 Å². The molecule has 9 nitrogen and oxygen atoms in total. The normalized spacial score (nSPS) is 22.9. The molecular weight excluding hydrogens is 302 g/mol. The Balaban J connectivity index is 2.40. The number of nitrogens with zero attached hydrogens (tertiary/aromatic N) is 5. The lowest BCUT2D eigenvalue weighted by atomic mass is 9.87. The highest BCUT2D eigenvalue weighted by Crippen LogP contribution is 2.35. The number of amides is 1. The van der Waals surface area contributed by atoms with E-state index in [0.29, 0.717) is 11.1 Å². The van der Waals surface area contributed by atoms with Crippen molar-refractivity contribution < 1.29 is 19.8 Å². The lowest BCUT2D eigenvalue weighted by Gasteiger charge is -2.32. The predicted octanol–water partition coefficient (Wildman–Crippen LogP) is 1.99. The summed E-state index contributed by atoms with van der Waals surface area (Å²) in [6.07, 6.45) is -1.55. The maximum Gasteiger partial charge on any atom is 0.408 e. The second-order valence-electron chi connectivity index (χ2n) is 5.28. The highest BCUT2D eigenvalue weighted by Gasteiger charge is 2.53. The van der Waals surface area contributed by atoms with Gasteiger partial charge in [-0.1, -0.05) is 17.2 Å². The molecule has 1 fully saturated rings. The summed E-state index contributed by atoms with van der Waals surface area (Å²) in [5.74, 6) is -1.29. The van der Waals surface area contributed by atoms with E-state index in [9.17, 15) is 19.8 Å². The molecule has 2 atom stereocenters. The SMILES string of the molecule is N#Cc1ccc(C[C@@]2(C(=O)O)C[C@H](N=[N+]=[N-])CN2C(=O)O)cc1. The number of hydrogen-bond donors (Lipinski definition) is 2. The van der Waals surface area contributed by atoms with Crippen LogP contribution in [0, 0.1) is 11.3 Å². The minimum atomic E-state index is -1.70. The molecule has 118 valence electrons. The van der Waals surface area contributed by atoms with E-state index in [1.54, 1.807) is 12.1 Å². The fraction of sp³-hybridized carbons (Fsp3) is 0.357. The quantitative estimate of drug-likeness (QED) is 0.494. The van der Waals surface area contributed by atoms with Crippen LogP contribution in [-0.4, -0.2) is 45.3 Å². The number of carbonyl (C=O) groups is 2. The van der Waals surface area contributed by atoms with Gasteiger partial charge in [0.1, 0.15) is 5.54 Å². The zero-order valence-corrected chi connectivity index (χ0v) is 12.0. The van der Waals surface area contributed by atoms with Gasteiger partial charge in [-0.05, 0) is 29.6 Å². The van der Waals surface area contributed by atoms with Crippen molar-refractivity contribution in [1.29, 1.82) is 5.26 Å².